The van der Waals surface area contributed by atoms with E-state index < -0.39 is 6.10 Å². The molecule has 0 saturated heterocycles. The maximum Gasteiger partial charge on any atom is 0.224 e. The summed E-state index contributed by atoms with van der Waals surface area (Å²) in [6.45, 7) is 0.424. The van der Waals surface area contributed by atoms with E-state index in [1.807, 2.05) is 66.7 Å². The molecule has 0 aliphatic heterocycles. The van der Waals surface area contributed by atoms with Crippen LogP contribution in [0.15, 0.2) is 66.7 Å². The van der Waals surface area contributed by atoms with Crippen LogP contribution in [0, 0.1) is 0 Å². The Labute approximate surface area is 153 Å². The molecule has 2 N–H and O–H groups in total. The van der Waals surface area contributed by atoms with Crippen LogP contribution in [-0.2, 0) is 11.2 Å². The van der Waals surface area contributed by atoms with Gasteiger partial charge >= 0.3 is 0 Å². The minimum Gasteiger partial charge on any atom is -0.497 e. The third-order valence-electron chi connectivity index (χ3n) is 4.42. The first-order chi connectivity index (χ1) is 12.7. The van der Waals surface area contributed by atoms with Gasteiger partial charge in [0.05, 0.1) is 19.6 Å². The Kier molecular flexibility index (Phi) is 5.87. The molecule has 0 radical (unpaired) electrons. The number of methoxy groups -OCH3 is 1. The molecule has 0 heterocycles. The van der Waals surface area contributed by atoms with Crippen LogP contribution >= 0.6 is 0 Å². The van der Waals surface area contributed by atoms with Crippen LogP contribution in [0.1, 0.15) is 23.7 Å². The first-order valence-corrected chi connectivity index (χ1v) is 8.73. The molecule has 3 rings (SSSR count). The fourth-order valence-corrected chi connectivity index (χ4v) is 3.08. The Bertz CT molecular complexity index is 886. The normalized spacial score (nSPS) is 11.9. The molecular formula is C22H23NO3. The largest absolute Gasteiger partial charge is 0.497 e. The second-order valence-corrected chi connectivity index (χ2v) is 6.25. The van der Waals surface area contributed by atoms with E-state index in [2.05, 4.69) is 5.32 Å². The molecule has 1 atom stereocenters. The van der Waals surface area contributed by atoms with Crippen LogP contribution in [-0.4, -0.2) is 24.7 Å². The molecule has 3 aromatic carbocycles. The lowest BCUT2D eigenvalue weighted by molar-refractivity contribution is -0.120. The van der Waals surface area contributed by atoms with Gasteiger partial charge in [-0.15, -0.1) is 0 Å². The van der Waals surface area contributed by atoms with Crippen molar-refractivity contribution < 1.29 is 14.6 Å². The highest BCUT2D eigenvalue weighted by Crippen LogP contribution is 2.25. The van der Waals surface area contributed by atoms with E-state index in [-0.39, 0.29) is 5.91 Å². The molecule has 3 aromatic rings. The van der Waals surface area contributed by atoms with Crippen molar-refractivity contribution >= 4 is 16.7 Å². The van der Waals surface area contributed by atoms with Crippen LogP contribution in [0.3, 0.4) is 0 Å². The summed E-state index contributed by atoms with van der Waals surface area (Å²) in [4.78, 5) is 12.1. The number of aliphatic hydroxyl groups is 1. The number of carbonyl (C=O) groups is 1. The molecule has 0 fully saturated rings. The molecule has 4 nitrogen and oxygen atoms in total. The van der Waals surface area contributed by atoms with Gasteiger partial charge in [0.1, 0.15) is 5.75 Å². The Morgan fingerprint density at radius 2 is 1.85 bits per heavy atom. The number of fused-ring (bicyclic) bond motifs is 1. The fraction of sp³-hybridized carbons (Fsp3) is 0.227. The summed E-state index contributed by atoms with van der Waals surface area (Å²) in [6, 6.07) is 21.4. The summed E-state index contributed by atoms with van der Waals surface area (Å²) in [7, 11) is 1.61. The lowest BCUT2D eigenvalue weighted by Gasteiger charge is -2.14. The third kappa shape index (κ3) is 4.41. The molecule has 1 amide bonds. The second kappa shape index (κ2) is 8.50. The van der Waals surface area contributed by atoms with Crippen molar-refractivity contribution in [2.75, 3.05) is 13.7 Å². The topological polar surface area (TPSA) is 58.6 Å². The molecule has 0 unspecified atom stereocenters. The van der Waals surface area contributed by atoms with Crippen molar-refractivity contribution in [2.24, 2.45) is 0 Å². The smallest absolute Gasteiger partial charge is 0.224 e. The van der Waals surface area contributed by atoms with Gasteiger partial charge in [0.15, 0.2) is 0 Å². The second-order valence-electron chi connectivity index (χ2n) is 6.25. The zero-order valence-electron chi connectivity index (χ0n) is 14.8. The zero-order valence-corrected chi connectivity index (χ0v) is 14.8. The minimum absolute atomic E-state index is 0.0663. The van der Waals surface area contributed by atoms with E-state index >= 15 is 0 Å². The maximum atomic E-state index is 12.1. The first kappa shape index (κ1) is 18.0. The summed E-state index contributed by atoms with van der Waals surface area (Å²) >= 11 is 0. The molecule has 134 valence electrons. The van der Waals surface area contributed by atoms with Crippen LogP contribution in [0.25, 0.3) is 10.8 Å². The van der Waals surface area contributed by atoms with Crippen LogP contribution < -0.4 is 10.1 Å². The average Bonchev–Trinajstić information content (AvgIpc) is 2.67. The van der Waals surface area contributed by atoms with E-state index in [1.54, 1.807) is 7.11 Å². The van der Waals surface area contributed by atoms with Crippen molar-refractivity contribution in [3.8, 4) is 5.75 Å². The van der Waals surface area contributed by atoms with E-state index in [4.69, 9.17) is 4.74 Å². The summed E-state index contributed by atoms with van der Waals surface area (Å²) in [5.41, 5.74) is 1.79. The molecule has 0 aliphatic rings. The molecular weight excluding hydrogens is 326 g/mol. The van der Waals surface area contributed by atoms with Gasteiger partial charge in [-0.1, -0.05) is 54.6 Å². The Morgan fingerprint density at radius 1 is 1.08 bits per heavy atom. The number of aliphatic hydroxyl groups excluding tert-OH is 1. The summed E-state index contributed by atoms with van der Waals surface area (Å²) in [5.74, 6) is 0.671. The van der Waals surface area contributed by atoms with Gasteiger partial charge in [-0.05, 0) is 40.5 Å². The highest BCUT2D eigenvalue weighted by atomic mass is 16.5. The quantitative estimate of drug-likeness (QED) is 0.685. The molecule has 0 aliphatic carbocycles. The lowest BCUT2D eigenvalue weighted by Crippen LogP contribution is -2.27. The Morgan fingerprint density at radius 3 is 2.69 bits per heavy atom. The van der Waals surface area contributed by atoms with E-state index in [9.17, 15) is 9.90 Å². The predicted octanol–water partition coefficient (Wildman–Crippen LogP) is 3.63. The van der Waals surface area contributed by atoms with Gasteiger partial charge < -0.3 is 15.2 Å². The fourth-order valence-electron chi connectivity index (χ4n) is 3.08. The van der Waals surface area contributed by atoms with Crippen LogP contribution in [0.5, 0.6) is 5.75 Å². The maximum absolute atomic E-state index is 12.1. The zero-order chi connectivity index (χ0) is 18.4. The third-order valence-corrected chi connectivity index (χ3v) is 4.42. The minimum atomic E-state index is -0.613. The SMILES string of the molecule is COc1cccc(CC(=O)NCC[C@@H](O)c2cccc3ccccc23)c1. The van der Waals surface area contributed by atoms with Gasteiger partial charge in [0, 0.05) is 6.54 Å². The lowest BCUT2D eigenvalue weighted by atomic mass is 9.99. The van der Waals surface area contributed by atoms with Gasteiger partial charge in [0.2, 0.25) is 5.91 Å². The number of benzene rings is 3. The number of hydrogen-bond donors (Lipinski definition) is 2. The van der Waals surface area contributed by atoms with Crippen molar-refractivity contribution in [3.63, 3.8) is 0 Å². The standard InChI is InChI=1S/C22H23NO3/c1-26-18-9-4-6-16(14-18)15-22(25)23-13-12-21(24)20-11-5-8-17-7-2-3-10-19(17)20/h2-11,14,21,24H,12-13,15H2,1H3,(H,23,25)/t21-/m1/s1. The van der Waals surface area contributed by atoms with Gasteiger partial charge in [-0.3, -0.25) is 4.79 Å². The molecule has 4 heteroatoms. The predicted molar refractivity (Wildman–Crippen MR) is 103 cm³/mol. The van der Waals surface area contributed by atoms with Crippen LogP contribution in [0.2, 0.25) is 0 Å². The van der Waals surface area contributed by atoms with Crippen LogP contribution in [0.4, 0.5) is 0 Å². The van der Waals surface area contributed by atoms with E-state index in [1.165, 1.54) is 0 Å². The Hall–Kier alpha value is -2.85. The highest BCUT2D eigenvalue weighted by molar-refractivity contribution is 5.86. The Balaban J connectivity index is 1.54. The van der Waals surface area contributed by atoms with E-state index in [0.29, 0.717) is 19.4 Å². The number of amides is 1. The van der Waals surface area contributed by atoms with Gasteiger partial charge in [-0.25, -0.2) is 0 Å². The number of carbonyl (C=O) groups excluding carboxylic acids is 1. The van der Waals surface area contributed by atoms with E-state index in [0.717, 1.165) is 27.6 Å². The molecule has 0 aromatic heterocycles. The summed E-state index contributed by atoms with van der Waals surface area (Å²) in [6.07, 6.45) is 0.151. The number of nitrogens with one attached hydrogen (secondary N) is 1. The van der Waals surface area contributed by atoms with Crippen molar-refractivity contribution in [1.82, 2.24) is 5.32 Å². The van der Waals surface area contributed by atoms with Gasteiger partial charge in [-0.2, -0.15) is 0 Å². The molecule has 0 bridgehead atoms. The van der Waals surface area contributed by atoms with Gasteiger partial charge in [0.25, 0.3) is 0 Å². The van der Waals surface area contributed by atoms with Crippen molar-refractivity contribution in [1.29, 1.82) is 0 Å². The number of hydrogen-bond acceptors (Lipinski definition) is 3. The monoisotopic (exact) mass is 349 g/mol. The average molecular weight is 349 g/mol. The molecule has 0 saturated carbocycles. The molecule has 26 heavy (non-hydrogen) atoms. The first-order valence-electron chi connectivity index (χ1n) is 8.73. The highest BCUT2D eigenvalue weighted by Gasteiger charge is 2.12. The number of ether oxygens (including phenoxy) is 1. The molecule has 0 spiro atoms. The summed E-state index contributed by atoms with van der Waals surface area (Å²) < 4.78 is 5.17. The number of rotatable bonds is 7. The van der Waals surface area contributed by atoms with Crippen molar-refractivity contribution in [3.05, 3.63) is 77.9 Å². The summed E-state index contributed by atoms with van der Waals surface area (Å²) in [5, 5.41) is 15.5. The van der Waals surface area contributed by atoms with Crippen molar-refractivity contribution in [2.45, 2.75) is 18.9 Å².